The van der Waals surface area contributed by atoms with Crippen LogP contribution >= 0.6 is 0 Å². The van der Waals surface area contributed by atoms with Crippen LogP contribution in [0.5, 0.6) is 11.5 Å². The summed E-state index contributed by atoms with van der Waals surface area (Å²) in [5.74, 6) is 2.02. The van der Waals surface area contributed by atoms with Crippen LogP contribution in [0, 0.1) is 0 Å². The first-order valence-electron chi connectivity index (χ1n) is 9.59. The maximum Gasteiger partial charge on any atom is 0.163 e. The number of nitrogens with zero attached hydrogens (tertiary/aromatic N) is 3. The number of imidazole rings is 1. The Morgan fingerprint density at radius 2 is 2.10 bits per heavy atom. The molecule has 3 aromatic rings. The second-order valence-electron chi connectivity index (χ2n) is 7.39. The maximum atomic E-state index is 11.5. The summed E-state index contributed by atoms with van der Waals surface area (Å²) in [6.07, 6.45) is 6.57. The van der Waals surface area contributed by atoms with Crippen LogP contribution < -0.4 is 4.74 Å². The topological polar surface area (TPSA) is 86.5 Å². The van der Waals surface area contributed by atoms with Gasteiger partial charge < -0.3 is 14.6 Å². The predicted octanol–water partition coefficient (Wildman–Crippen LogP) is 3.60. The Morgan fingerprint density at radius 1 is 1.24 bits per heavy atom. The fourth-order valence-electron chi connectivity index (χ4n) is 3.71. The largest absolute Gasteiger partial charge is 0.507 e. The number of hydrogen-bond donors (Lipinski definition) is 1. The highest BCUT2D eigenvalue weighted by Gasteiger charge is 2.42. The van der Waals surface area contributed by atoms with E-state index < -0.39 is 5.60 Å². The molecule has 1 aliphatic rings. The van der Waals surface area contributed by atoms with Crippen molar-refractivity contribution in [2.75, 3.05) is 13.2 Å². The van der Waals surface area contributed by atoms with Crippen molar-refractivity contribution in [2.45, 2.75) is 31.8 Å². The lowest BCUT2D eigenvalue weighted by Gasteiger charge is -2.31. The zero-order valence-corrected chi connectivity index (χ0v) is 16.4. The van der Waals surface area contributed by atoms with E-state index in [0.717, 1.165) is 11.4 Å². The zero-order chi connectivity index (χ0) is 20.4. The van der Waals surface area contributed by atoms with E-state index in [4.69, 9.17) is 9.47 Å². The highest BCUT2D eigenvalue weighted by Crippen LogP contribution is 2.40. The molecule has 150 valence electrons. The highest BCUT2D eigenvalue weighted by molar-refractivity contribution is 5.83. The Kier molecular flexibility index (Phi) is 5.07. The number of carbonyl (C=O) groups is 1. The van der Waals surface area contributed by atoms with E-state index in [2.05, 4.69) is 23.8 Å². The average molecular weight is 393 g/mol. The van der Waals surface area contributed by atoms with Gasteiger partial charge in [-0.15, -0.1) is 0 Å². The molecule has 3 heterocycles. The van der Waals surface area contributed by atoms with Gasteiger partial charge in [0.1, 0.15) is 23.1 Å². The quantitative estimate of drug-likeness (QED) is 0.644. The minimum Gasteiger partial charge on any atom is -0.507 e. The summed E-state index contributed by atoms with van der Waals surface area (Å²) in [6, 6.07) is 8.61. The molecule has 1 unspecified atom stereocenters. The van der Waals surface area contributed by atoms with Crippen LogP contribution in [0.3, 0.4) is 0 Å². The summed E-state index contributed by atoms with van der Waals surface area (Å²) in [6.45, 7) is 4.99. The van der Waals surface area contributed by atoms with Crippen molar-refractivity contribution in [3.63, 3.8) is 0 Å². The number of rotatable bonds is 6. The molecule has 2 aromatic heterocycles. The second-order valence-corrected chi connectivity index (χ2v) is 7.39. The van der Waals surface area contributed by atoms with E-state index in [1.807, 2.05) is 22.9 Å². The second kappa shape index (κ2) is 7.67. The first-order chi connectivity index (χ1) is 14.1. The summed E-state index contributed by atoms with van der Waals surface area (Å²) >= 11 is 0. The average Bonchev–Trinajstić information content (AvgIpc) is 3.38. The number of phenols is 1. The standard InChI is InChI=1S/C22H23N3O4/c1-15(2)20-24-10-11-25(20)21-17(5-4-9-23-21)22(8-12-28-14-22)29-19-7-3-6-18(27)16(19)13-26/h3-7,9-11,13,15,27H,8,12,14H2,1-2H3. The van der Waals surface area contributed by atoms with Crippen molar-refractivity contribution in [1.29, 1.82) is 0 Å². The van der Waals surface area contributed by atoms with Crippen LogP contribution in [0.15, 0.2) is 48.9 Å². The van der Waals surface area contributed by atoms with Crippen molar-refractivity contribution < 1.29 is 19.4 Å². The van der Waals surface area contributed by atoms with Crippen molar-refractivity contribution in [2.24, 2.45) is 0 Å². The number of ether oxygens (including phenoxy) is 2. The van der Waals surface area contributed by atoms with E-state index in [9.17, 15) is 9.90 Å². The van der Waals surface area contributed by atoms with Gasteiger partial charge in [-0.2, -0.15) is 0 Å². The first kappa shape index (κ1) is 19.1. The molecule has 0 radical (unpaired) electrons. The summed E-state index contributed by atoms with van der Waals surface area (Å²) in [5.41, 5.74) is 0.125. The number of pyridine rings is 1. The predicted molar refractivity (Wildman–Crippen MR) is 107 cm³/mol. The van der Waals surface area contributed by atoms with E-state index >= 15 is 0 Å². The molecule has 1 aromatic carbocycles. The Balaban J connectivity index is 1.85. The van der Waals surface area contributed by atoms with Crippen molar-refractivity contribution in [3.8, 4) is 17.3 Å². The minimum absolute atomic E-state index is 0.116. The number of aromatic hydroxyl groups is 1. The first-order valence-corrected chi connectivity index (χ1v) is 9.59. The number of carbonyl (C=O) groups excluding carboxylic acids is 1. The van der Waals surface area contributed by atoms with Crippen LogP contribution in [0.2, 0.25) is 0 Å². The van der Waals surface area contributed by atoms with Crippen LogP contribution in [0.25, 0.3) is 5.82 Å². The molecular formula is C22H23N3O4. The lowest BCUT2D eigenvalue weighted by molar-refractivity contribution is 0.0463. The highest BCUT2D eigenvalue weighted by atomic mass is 16.6. The molecule has 29 heavy (non-hydrogen) atoms. The van der Waals surface area contributed by atoms with E-state index in [0.29, 0.717) is 37.5 Å². The molecule has 0 spiro atoms. The smallest absolute Gasteiger partial charge is 0.163 e. The fourth-order valence-corrected chi connectivity index (χ4v) is 3.71. The molecule has 1 aliphatic heterocycles. The molecule has 1 atom stereocenters. The molecule has 1 saturated heterocycles. The Morgan fingerprint density at radius 3 is 2.83 bits per heavy atom. The molecule has 1 fully saturated rings. The third-order valence-electron chi connectivity index (χ3n) is 5.14. The molecule has 1 N–H and O–H groups in total. The van der Waals surface area contributed by atoms with Crippen LogP contribution in [-0.2, 0) is 10.3 Å². The Labute approximate surface area is 169 Å². The molecule has 4 rings (SSSR count). The normalized spacial score (nSPS) is 18.9. The third kappa shape index (κ3) is 3.38. The molecule has 0 saturated carbocycles. The van der Waals surface area contributed by atoms with Crippen LogP contribution in [-0.4, -0.2) is 39.1 Å². The maximum absolute atomic E-state index is 11.5. The third-order valence-corrected chi connectivity index (χ3v) is 5.14. The van der Waals surface area contributed by atoms with Crippen molar-refractivity contribution in [1.82, 2.24) is 14.5 Å². The van der Waals surface area contributed by atoms with Gasteiger partial charge in [0.15, 0.2) is 11.9 Å². The Hall–Kier alpha value is -3.19. The molecule has 0 amide bonds. The van der Waals surface area contributed by atoms with E-state index in [1.165, 1.54) is 6.07 Å². The summed E-state index contributed by atoms with van der Waals surface area (Å²) in [4.78, 5) is 20.6. The molecular weight excluding hydrogens is 370 g/mol. The van der Waals surface area contributed by atoms with Gasteiger partial charge in [-0.05, 0) is 24.3 Å². The van der Waals surface area contributed by atoms with Crippen LogP contribution in [0.1, 0.15) is 47.9 Å². The zero-order valence-electron chi connectivity index (χ0n) is 16.4. The van der Waals surface area contributed by atoms with Gasteiger partial charge in [0.05, 0.1) is 18.8 Å². The lowest BCUT2D eigenvalue weighted by atomic mass is 9.92. The minimum atomic E-state index is -0.840. The molecule has 7 heteroatoms. The van der Waals surface area contributed by atoms with Crippen LogP contribution in [0.4, 0.5) is 0 Å². The van der Waals surface area contributed by atoms with Gasteiger partial charge in [-0.25, -0.2) is 9.97 Å². The summed E-state index contributed by atoms with van der Waals surface area (Å²) < 4.78 is 14.1. The monoisotopic (exact) mass is 393 g/mol. The van der Waals surface area contributed by atoms with Gasteiger partial charge in [0.2, 0.25) is 0 Å². The fraction of sp³-hybridized carbons (Fsp3) is 0.318. The number of hydrogen-bond acceptors (Lipinski definition) is 6. The van der Waals surface area contributed by atoms with Gasteiger partial charge in [-0.1, -0.05) is 19.9 Å². The number of phenolic OH excluding ortho intramolecular Hbond substituents is 1. The summed E-state index contributed by atoms with van der Waals surface area (Å²) in [5, 5.41) is 10.1. The van der Waals surface area contributed by atoms with Gasteiger partial charge in [0, 0.05) is 36.5 Å². The molecule has 7 nitrogen and oxygen atoms in total. The van der Waals surface area contributed by atoms with Crippen molar-refractivity contribution in [3.05, 3.63) is 65.9 Å². The van der Waals surface area contributed by atoms with Gasteiger partial charge >= 0.3 is 0 Å². The SMILES string of the molecule is CC(C)c1nccn1-c1ncccc1C1(Oc2cccc(O)c2C=O)CCOC1. The van der Waals surface area contributed by atoms with Crippen molar-refractivity contribution >= 4 is 6.29 Å². The number of aromatic nitrogens is 3. The summed E-state index contributed by atoms with van der Waals surface area (Å²) in [7, 11) is 0. The number of benzene rings is 1. The van der Waals surface area contributed by atoms with Gasteiger partial charge in [-0.3, -0.25) is 9.36 Å². The number of aldehydes is 1. The van der Waals surface area contributed by atoms with Gasteiger partial charge in [0.25, 0.3) is 0 Å². The molecule has 0 bridgehead atoms. The molecule has 0 aliphatic carbocycles. The Bertz CT molecular complexity index is 1020. The lowest BCUT2D eigenvalue weighted by Crippen LogP contribution is -2.35. The van der Waals surface area contributed by atoms with E-state index in [-0.39, 0.29) is 17.2 Å². The van der Waals surface area contributed by atoms with E-state index in [1.54, 1.807) is 24.5 Å².